The van der Waals surface area contributed by atoms with E-state index in [0.29, 0.717) is 6.42 Å². The van der Waals surface area contributed by atoms with Crippen LogP contribution in [0.25, 0.3) is 0 Å². The van der Waals surface area contributed by atoms with E-state index in [9.17, 15) is 4.79 Å². The van der Waals surface area contributed by atoms with Crippen molar-refractivity contribution in [1.29, 1.82) is 0 Å². The molecule has 0 fully saturated rings. The summed E-state index contributed by atoms with van der Waals surface area (Å²) >= 11 is 3.51. The third-order valence-corrected chi connectivity index (χ3v) is 0.508. The van der Waals surface area contributed by atoms with Gasteiger partial charge in [-0.2, -0.15) is 0 Å². The van der Waals surface area contributed by atoms with Crippen LogP contribution in [0.3, 0.4) is 0 Å². The number of hydrogen-bond acceptors (Lipinski definition) is 1. The van der Waals surface area contributed by atoms with Crippen LogP contribution in [0.4, 0.5) is 0 Å². The topological polar surface area (TPSA) is 17.1 Å². The minimum absolute atomic E-state index is 0. The van der Waals surface area contributed by atoms with E-state index in [1.54, 1.807) is 0 Å². The van der Waals surface area contributed by atoms with Crippen molar-refractivity contribution in [3.63, 3.8) is 0 Å². The first-order valence-electron chi connectivity index (χ1n) is 1.54. The minimum Gasteiger partial charge on any atom is -1.00 e. The Morgan fingerprint density at radius 2 is 2.00 bits per heavy atom. The van der Waals surface area contributed by atoms with E-state index in [1.165, 1.54) is 6.08 Å². The minimum atomic E-state index is -0.141. The van der Waals surface area contributed by atoms with Gasteiger partial charge >= 0.3 is 44.3 Å². The van der Waals surface area contributed by atoms with E-state index in [2.05, 4.69) is 22.3 Å². The molecule has 0 aliphatic rings. The first-order chi connectivity index (χ1) is 2.77. The molecule has 0 aliphatic heterocycles. The monoisotopic (exact) mass is 198 g/mol. The van der Waals surface area contributed by atoms with Crippen LogP contribution in [0, 0.1) is 0 Å². The number of allylic oxidation sites excluding steroid dienone is 1. The molecule has 8 heavy (non-hydrogen) atoms. The van der Waals surface area contributed by atoms with Crippen LogP contribution in [0.2, 0.25) is 0 Å². The molecule has 50 valence electrons. The van der Waals surface area contributed by atoms with Crippen LogP contribution in [0.15, 0.2) is 12.7 Å². The summed E-state index contributed by atoms with van der Waals surface area (Å²) in [6.45, 7) is 3.33. The largest absolute Gasteiger partial charge is 1.00 e. The van der Waals surface area contributed by atoms with Crippen LogP contribution in [0.5, 0.6) is 0 Å². The van der Waals surface area contributed by atoms with Crippen molar-refractivity contribution < 1.29 is 45.3 Å². The van der Waals surface area contributed by atoms with Crippen LogP contribution < -0.4 is 24.8 Å². The molecule has 0 amide bonds. The third kappa shape index (κ3) is 16.1. The van der Waals surface area contributed by atoms with Gasteiger partial charge in [0.05, 0.1) is 0 Å². The number of carbonyl (C=O) groups excluding carboxylic acids is 1. The van der Waals surface area contributed by atoms with Gasteiger partial charge in [-0.15, -0.1) is 0 Å². The van der Waals surface area contributed by atoms with Crippen molar-refractivity contribution in [2.75, 3.05) is 0 Å². The maximum Gasteiger partial charge on any atom is -1.00 e. The molecule has 0 spiro atoms. The zero-order chi connectivity index (χ0) is 4.99. The first-order valence-corrected chi connectivity index (χ1v) is 2.06. The summed E-state index contributed by atoms with van der Waals surface area (Å²) in [6, 6.07) is 0. The normalized spacial score (nSPS) is 5.62. The van der Waals surface area contributed by atoms with Gasteiger partial charge in [0.15, 0.2) is 0 Å². The molecule has 0 atom stereocenters. The molecule has 1 nitrogen and oxygen atoms in total. The first kappa shape index (κ1) is 15.8. The molecular weight excluding hydrogens is 194 g/mol. The quantitative estimate of drug-likeness (QED) is 0.406. The smallest absolute Gasteiger partial charge is 1.00 e. The van der Waals surface area contributed by atoms with E-state index in [4.69, 9.17) is 0 Å². The van der Waals surface area contributed by atoms with Crippen molar-refractivity contribution >= 4 is 4.72 Å². The summed E-state index contributed by atoms with van der Waals surface area (Å²) in [6.07, 6.45) is 1.88. The van der Waals surface area contributed by atoms with E-state index in [1.807, 2.05) is 0 Å². The van der Waals surface area contributed by atoms with Gasteiger partial charge in [0.2, 0.25) is 0 Å². The molecule has 0 aromatic rings. The molecule has 0 aromatic heterocycles. The van der Waals surface area contributed by atoms with Crippen molar-refractivity contribution in [3.8, 4) is 0 Å². The molecule has 0 aliphatic carbocycles. The Morgan fingerprint density at radius 1 is 1.62 bits per heavy atom. The van der Waals surface area contributed by atoms with Crippen molar-refractivity contribution in [2.45, 2.75) is 6.42 Å². The maximum absolute atomic E-state index is 9.83. The second kappa shape index (κ2) is 10.5. The van der Waals surface area contributed by atoms with Gasteiger partial charge in [-0.1, -0.05) is 0 Å². The van der Waals surface area contributed by atoms with Gasteiger partial charge in [-0.3, -0.25) is 0 Å². The molecule has 0 aromatic carbocycles. The number of hydrogen-bond donors (Lipinski definition) is 0. The van der Waals surface area contributed by atoms with Gasteiger partial charge in [0.1, 0.15) is 0 Å². The fraction of sp³-hybridized carbons (Fsp3) is 0.250. The van der Waals surface area contributed by atoms with Crippen molar-refractivity contribution in [3.05, 3.63) is 12.7 Å². The molecule has 0 bridgehead atoms. The predicted octanol–water partition coefficient (Wildman–Crippen LogP) is -5.36. The second-order valence-corrected chi connectivity index (χ2v) is 1.40. The van der Waals surface area contributed by atoms with Crippen LogP contribution in [-0.2, 0) is 20.5 Å². The summed E-state index contributed by atoms with van der Waals surface area (Å²) in [7, 11) is 0. The van der Waals surface area contributed by atoms with E-state index in [0.717, 1.165) is 0 Å². The standard InChI is InChI=1S/C4H5O.2ClH.Co/c1-2-3-4-5;;;/h2H,1,3H2;2*1H;/q;;;+2/p-2. The second-order valence-electron chi connectivity index (χ2n) is 0.823. The van der Waals surface area contributed by atoms with E-state index < -0.39 is 0 Å². The van der Waals surface area contributed by atoms with E-state index in [-0.39, 0.29) is 29.5 Å². The van der Waals surface area contributed by atoms with Crippen LogP contribution in [-0.4, -0.2) is 4.72 Å². The fourth-order valence-corrected chi connectivity index (χ4v) is 0.257. The predicted molar refractivity (Wildman–Crippen MR) is 19.8 cm³/mol. The van der Waals surface area contributed by atoms with Crippen molar-refractivity contribution in [1.82, 2.24) is 0 Å². The van der Waals surface area contributed by atoms with Crippen LogP contribution >= 0.6 is 0 Å². The molecule has 4 heteroatoms. The summed E-state index contributed by atoms with van der Waals surface area (Å²) < 4.78 is -0.141. The average molecular weight is 199 g/mol. The maximum atomic E-state index is 9.83. The van der Waals surface area contributed by atoms with Crippen LogP contribution in [0.1, 0.15) is 6.42 Å². The zero-order valence-electron chi connectivity index (χ0n) is 3.99. The molecule has 0 saturated carbocycles. The van der Waals surface area contributed by atoms with E-state index >= 15 is 0 Å². The molecule has 0 rings (SSSR count). The molecule has 0 heterocycles. The van der Waals surface area contributed by atoms with Gasteiger partial charge in [0.25, 0.3) is 0 Å². The Balaban J connectivity index is -0.000000125. The Kier molecular flexibility index (Phi) is 20.7. The number of rotatable bonds is 2. The summed E-state index contributed by atoms with van der Waals surface area (Å²) in [5, 5.41) is 0. The van der Waals surface area contributed by atoms with Gasteiger partial charge in [-0.05, 0) is 0 Å². The van der Waals surface area contributed by atoms with Gasteiger partial charge < -0.3 is 24.8 Å². The fourth-order valence-electron chi connectivity index (χ4n) is 0.107. The zero-order valence-corrected chi connectivity index (χ0v) is 6.54. The molecular formula is C4H5Cl2CoO. The number of halogens is 2. The third-order valence-electron chi connectivity index (χ3n) is 0.296. The Labute approximate surface area is 69.3 Å². The summed E-state index contributed by atoms with van der Waals surface area (Å²) in [4.78, 5) is 9.83. The summed E-state index contributed by atoms with van der Waals surface area (Å²) in [5.41, 5.74) is 0. The Morgan fingerprint density at radius 3 is 2.00 bits per heavy atom. The Bertz CT molecular complexity index is 74.4. The molecule has 0 unspecified atom stereocenters. The molecule has 0 saturated heterocycles. The van der Waals surface area contributed by atoms with Gasteiger partial charge in [-0.25, -0.2) is 0 Å². The number of carbonyl (C=O) groups is 1. The van der Waals surface area contributed by atoms with Gasteiger partial charge in [0, 0.05) is 0 Å². The Hall–Kier alpha value is 0.496. The SMILES string of the molecule is C=CC[C](=O)[Co+2].[Cl-].[Cl-]. The van der Waals surface area contributed by atoms with Crippen molar-refractivity contribution in [2.24, 2.45) is 0 Å². The average Bonchev–Trinajstić information content (AvgIpc) is 1.35. The molecule has 0 radical (unpaired) electrons. The summed E-state index contributed by atoms with van der Waals surface area (Å²) in [5.74, 6) is 0. The molecule has 0 N–H and O–H groups in total.